The lowest BCUT2D eigenvalue weighted by Crippen LogP contribution is -2.26. The predicted octanol–water partition coefficient (Wildman–Crippen LogP) is 3.11. The molecule has 1 heterocycles. The van der Waals surface area contributed by atoms with E-state index in [1.165, 1.54) is 18.3 Å². The maximum atomic E-state index is 13.6. The van der Waals surface area contributed by atoms with Crippen LogP contribution in [0, 0.1) is 24.0 Å². The van der Waals surface area contributed by atoms with Crippen LogP contribution in [0.15, 0.2) is 36.5 Å². The van der Waals surface area contributed by atoms with Gasteiger partial charge in [0.1, 0.15) is 17.3 Å². The molecule has 0 atom stereocenters. The van der Waals surface area contributed by atoms with Crippen LogP contribution in [0.2, 0.25) is 0 Å². The zero-order valence-corrected chi connectivity index (χ0v) is 14.2. The summed E-state index contributed by atoms with van der Waals surface area (Å²) in [6.07, 6.45) is 6.20. The first-order valence-corrected chi connectivity index (χ1v) is 7.61. The lowest BCUT2D eigenvalue weighted by Gasteiger charge is -2.18. The summed E-state index contributed by atoms with van der Waals surface area (Å²) in [5, 5.41) is 2.49. The summed E-state index contributed by atoms with van der Waals surface area (Å²) >= 11 is 0. The molecule has 0 aliphatic rings. The Labute approximate surface area is 149 Å². The highest BCUT2D eigenvalue weighted by Crippen LogP contribution is 2.15. The summed E-state index contributed by atoms with van der Waals surface area (Å²) < 4.78 is 31.9. The van der Waals surface area contributed by atoms with E-state index in [1.54, 1.807) is 13.8 Å². The Kier molecular flexibility index (Phi) is 5.68. The van der Waals surface area contributed by atoms with E-state index in [4.69, 9.17) is 11.2 Å². The number of nitrogens with one attached hydrogen (secondary N) is 1. The van der Waals surface area contributed by atoms with E-state index in [0.29, 0.717) is 0 Å². The number of ether oxygens (including phenoxy) is 1. The molecule has 0 saturated heterocycles. The first-order valence-electron chi connectivity index (χ1n) is 7.61. The van der Waals surface area contributed by atoms with Crippen LogP contribution in [0.3, 0.4) is 0 Å². The molecule has 7 heteroatoms. The second-order valence-corrected chi connectivity index (χ2v) is 5.93. The first-order chi connectivity index (χ1) is 12.2. The van der Waals surface area contributed by atoms with Gasteiger partial charge in [-0.25, -0.2) is 18.6 Å². The quantitative estimate of drug-likeness (QED) is 0.659. The fourth-order valence-corrected chi connectivity index (χ4v) is 1.99. The van der Waals surface area contributed by atoms with Gasteiger partial charge in [-0.2, -0.15) is 0 Å². The molecule has 26 heavy (non-hydrogen) atoms. The number of hydrogen-bond donors (Lipinski definition) is 1. The minimum atomic E-state index is -1.10. The molecule has 0 saturated carbocycles. The summed E-state index contributed by atoms with van der Waals surface area (Å²) in [7, 11) is 0. The minimum absolute atomic E-state index is 0.0527. The van der Waals surface area contributed by atoms with Gasteiger partial charge in [-0.1, -0.05) is 5.92 Å². The Bertz CT molecular complexity index is 889. The highest BCUT2D eigenvalue weighted by Gasteiger charge is 2.22. The lowest BCUT2D eigenvalue weighted by atomic mass is 10.1. The zero-order chi connectivity index (χ0) is 19.3. The van der Waals surface area contributed by atoms with E-state index < -0.39 is 29.1 Å². The number of anilines is 1. The normalized spacial score (nSPS) is 10.7. The molecule has 134 valence electrons. The van der Waals surface area contributed by atoms with Gasteiger partial charge in [-0.05, 0) is 44.2 Å². The van der Waals surface area contributed by atoms with Crippen molar-refractivity contribution in [3.05, 3.63) is 59.4 Å². The molecular weight excluding hydrogens is 342 g/mol. The fourth-order valence-electron chi connectivity index (χ4n) is 1.99. The third-order valence-electron chi connectivity index (χ3n) is 3.31. The van der Waals surface area contributed by atoms with Crippen LogP contribution < -0.4 is 5.32 Å². The maximum absolute atomic E-state index is 13.6. The van der Waals surface area contributed by atoms with Gasteiger partial charge in [0, 0.05) is 17.4 Å². The van der Waals surface area contributed by atoms with Gasteiger partial charge in [-0.3, -0.25) is 4.79 Å². The van der Waals surface area contributed by atoms with Gasteiger partial charge in [0.05, 0.1) is 6.42 Å². The number of pyridine rings is 1. The standard InChI is InChI=1S/C19H16F2N2O3/c1-4-19(2,3)26-18(25)16-11-14(7-8-22-16)23-17(24)10-12-9-13(20)5-6-15(12)21/h1,5-9,11H,10H2,2-3H3,(H,22,23,24). The van der Waals surface area contributed by atoms with E-state index in [0.717, 1.165) is 18.2 Å². The van der Waals surface area contributed by atoms with Crippen LogP contribution in [0.1, 0.15) is 29.9 Å². The molecule has 0 aliphatic heterocycles. The number of benzene rings is 1. The van der Waals surface area contributed by atoms with Crippen molar-refractivity contribution < 1.29 is 23.1 Å². The summed E-state index contributed by atoms with van der Waals surface area (Å²) in [5.74, 6) is -0.333. The van der Waals surface area contributed by atoms with Crippen molar-refractivity contribution >= 4 is 17.6 Å². The van der Waals surface area contributed by atoms with Gasteiger partial charge in [0.2, 0.25) is 5.91 Å². The van der Waals surface area contributed by atoms with Crippen LogP contribution in [-0.4, -0.2) is 22.5 Å². The largest absolute Gasteiger partial charge is 0.442 e. The van der Waals surface area contributed by atoms with Crippen molar-refractivity contribution in [3.8, 4) is 12.3 Å². The number of amides is 1. The molecule has 2 rings (SSSR count). The van der Waals surface area contributed by atoms with E-state index in [2.05, 4.69) is 16.2 Å². The Morgan fingerprint density at radius 2 is 2.00 bits per heavy atom. The number of halogens is 2. The number of terminal acetylenes is 1. The molecule has 1 aromatic heterocycles. The third-order valence-corrected chi connectivity index (χ3v) is 3.31. The first kappa shape index (κ1) is 19.1. The average molecular weight is 358 g/mol. The minimum Gasteiger partial charge on any atom is -0.442 e. The number of aromatic nitrogens is 1. The average Bonchev–Trinajstić information content (AvgIpc) is 2.58. The van der Waals surface area contributed by atoms with Crippen LogP contribution in [0.5, 0.6) is 0 Å². The van der Waals surface area contributed by atoms with Crippen molar-refractivity contribution in [3.63, 3.8) is 0 Å². The van der Waals surface area contributed by atoms with Crippen molar-refractivity contribution in [2.45, 2.75) is 25.9 Å². The molecule has 0 aliphatic carbocycles. The third kappa shape index (κ3) is 5.11. The highest BCUT2D eigenvalue weighted by molar-refractivity contribution is 5.94. The number of carbonyl (C=O) groups is 2. The molecule has 0 radical (unpaired) electrons. The molecule has 5 nitrogen and oxygen atoms in total. The van der Waals surface area contributed by atoms with Crippen LogP contribution >= 0.6 is 0 Å². The van der Waals surface area contributed by atoms with E-state index >= 15 is 0 Å². The SMILES string of the molecule is C#CC(C)(C)OC(=O)c1cc(NC(=O)Cc2cc(F)ccc2F)ccn1. The lowest BCUT2D eigenvalue weighted by molar-refractivity contribution is -0.115. The van der Waals surface area contributed by atoms with Gasteiger partial charge in [-0.15, -0.1) is 6.42 Å². The number of rotatable bonds is 5. The Morgan fingerprint density at radius 3 is 2.69 bits per heavy atom. The summed E-state index contributed by atoms with van der Waals surface area (Å²) in [6, 6.07) is 5.62. The number of hydrogen-bond acceptors (Lipinski definition) is 4. The van der Waals surface area contributed by atoms with Crippen LogP contribution in [0.25, 0.3) is 0 Å². The molecule has 1 aromatic carbocycles. The Hall–Kier alpha value is -3.27. The molecule has 2 aromatic rings. The Morgan fingerprint density at radius 1 is 1.27 bits per heavy atom. The predicted molar refractivity (Wildman–Crippen MR) is 91.3 cm³/mol. The molecule has 0 unspecified atom stereocenters. The molecule has 1 N–H and O–H groups in total. The van der Waals surface area contributed by atoms with E-state index in [9.17, 15) is 18.4 Å². The summed E-state index contributed by atoms with van der Waals surface area (Å²) in [4.78, 5) is 28.0. The second-order valence-electron chi connectivity index (χ2n) is 5.93. The zero-order valence-electron chi connectivity index (χ0n) is 14.2. The molecule has 0 fully saturated rings. The van der Waals surface area contributed by atoms with Crippen molar-refractivity contribution in [1.29, 1.82) is 0 Å². The topological polar surface area (TPSA) is 68.3 Å². The number of esters is 1. The Balaban J connectivity index is 2.08. The number of carbonyl (C=O) groups excluding carboxylic acids is 2. The van der Waals surface area contributed by atoms with Gasteiger partial charge < -0.3 is 10.1 Å². The van der Waals surface area contributed by atoms with Gasteiger partial charge in [0.15, 0.2) is 5.60 Å². The van der Waals surface area contributed by atoms with Crippen molar-refractivity contribution in [2.24, 2.45) is 0 Å². The molecule has 0 spiro atoms. The molecule has 0 bridgehead atoms. The molecular formula is C19H16F2N2O3. The number of nitrogens with zero attached hydrogens (tertiary/aromatic N) is 1. The summed E-state index contributed by atoms with van der Waals surface area (Å²) in [6.45, 7) is 3.09. The van der Waals surface area contributed by atoms with Crippen molar-refractivity contribution in [1.82, 2.24) is 4.98 Å². The van der Waals surface area contributed by atoms with Gasteiger partial charge in [0.25, 0.3) is 0 Å². The van der Waals surface area contributed by atoms with Gasteiger partial charge >= 0.3 is 5.97 Å². The second kappa shape index (κ2) is 7.74. The highest BCUT2D eigenvalue weighted by atomic mass is 19.1. The van der Waals surface area contributed by atoms with Crippen LogP contribution in [-0.2, 0) is 16.0 Å². The smallest absolute Gasteiger partial charge is 0.358 e. The summed E-state index contributed by atoms with van der Waals surface area (Å²) in [5.41, 5.74) is -0.977. The van der Waals surface area contributed by atoms with E-state index in [-0.39, 0.29) is 23.4 Å². The monoisotopic (exact) mass is 358 g/mol. The molecule has 1 amide bonds. The van der Waals surface area contributed by atoms with Crippen LogP contribution in [0.4, 0.5) is 14.5 Å². The fraction of sp³-hybridized carbons (Fsp3) is 0.211. The van der Waals surface area contributed by atoms with Crippen molar-refractivity contribution in [2.75, 3.05) is 5.32 Å². The maximum Gasteiger partial charge on any atom is 0.358 e. The van der Waals surface area contributed by atoms with E-state index in [1.807, 2.05) is 0 Å².